The van der Waals surface area contributed by atoms with Gasteiger partial charge in [-0.1, -0.05) is 20.8 Å². The van der Waals surface area contributed by atoms with Gasteiger partial charge in [-0.25, -0.2) is 4.98 Å². The molecule has 1 aromatic heterocycles. The highest BCUT2D eigenvalue weighted by molar-refractivity contribution is 5.35. The Hall–Kier alpha value is -1.03. The summed E-state index contributed by atoms with van der Waals surface area (Å²) in [6.07, 6.45) is 3.24. The normalized spacial score (nSPS) is 20.7. The number of anilines is 1. The Morgan fingerprint density at radius 1 is 1.50 bits per heavy atom. The average Bonchev–Trinajstić information content (AvgIpc) is 2.71. The highest BCUT2D eigenvalue weighted by atomic mass is 15.3. The lowest BCUT2D eigenvalue weighted by Crippen LogP contribution is -2.50. The summed E-state index contributed by atoms with van der Waals surface area (Å²) in [5.41, 5.74) is 1.21. The fraction of sp³-hybridized carbons (Fsp3) is 0.786. The Morgan fingerprint density at radius 3 is 2.89 bits per heavy atom. The first kappa shape index (κ1) is 13.4. The van der Waals surface area contributed by atoms with Gasteiger partial charge in [-0.15, -0.1) is 0 Å². The van der Waals surface area contributed by atoms with Crippen molar-refractivity contribution in [3.63, 3.8) is 0 Å². The van der Waals surface area contributed by atoms with Gasteiger partial charge < -0.3 is 14.8 Å². The number of nitrogens with zero attached hydrogens (tertiary/aromatic N) is 3. The van der Waals surface area contributed by atoms with Gasteiger partial charge >= 0.3 is 0 Å². The SMILES string of the molecule is CCc1cn(CC(C)C)c(N2CCN[C@H](C)C2)n1. The van der Waals surface area contributed by atoms with E-state index in [9.17, 15) is 0 Å². The van der Waals surface area contributed by atoms with Crippen LogP contribution in [0.15, 0.2) is 6.20 Å². The largest absolute Gasteiger partial charge is 0.339 e. The summed E-state index contributed by atoms with van der Waals surface area (Å²) < 4.78 is 2.33. The third-order valence-electron chi connectivity index (χ3n) is 3.38. The standard InChI is InChI=1S/C14H26N4/c1-5-13-10-18(8-11(2)3)14(16-13)17-7-6-15-12(4)9-17/h10-12,15H,5-9H2,1-4H3/t12-/m1/s1. The molecule has 2 heterocycles. The van der Waals surface area contributed by atoms with Gasteiger partial charge in [0.2, 0.25) is 5.95 Å². The van der Waals surface area contributed by atoms with Gasteiger partial charge in [-0.2, -0.15) is 0 Å². The Bertz CT molecular complexity index is 383. The molecular weight excluding hydrogens is 224 g/mol. The lowest BCUT2D eigenvalue weighted by molar-refractivity contribution is 0.462. The molecule has 1 fully saturated rings. The van der Waals surface area contributed by atoms with Crippen LogP contribution in [0.3, 0.4) is 0 Å². The number of aryl methyl sites for hydroxylation is 1. The third kappa shape index (κ3) is 3.05. The molecule has 0 aromatic carbocycles. The van der Waals surface area contributed by atoms with Crippen LogP contribution in [-0.2, 0) is 13.0 Å². The van der Waals surface area contributed by atoms with Gasteiger partial charge in [0, 0.05) is 38.4 Å². The lowest BCUT2D eigenvalue weighted by atomic mass is 10.2. The molecule has 0 amide bonds. The molecule has 18 heavy (non-hydrogen) atoms. The second-order valence-electron chi connectivity index (χ2n) is 5.73. The second kappa shape index (κ2) is 5.74. The first-order valence-corrected chi connectivity index (χ1v) is 7.14. The summed E-state index contributed by atoms with van der Waals surface area (Å²) in [7, 11) is 0. The number of aromatic nitrogens is 2. The van der Waals surface area contributed by atoms with Crippen molar-refractivity contribution in [1.82, 2.24) is 14.9 Å². The van der Waals surface area contributed by atoms with Crippen molar-refractivity contribution < 1.29 is 0 Å². The average molecular weight is 250 g/mol. The van der Waals surface area contributed by atoms with Crippen molar-refractivity contribution in [3.05, 3.63) is 11.9 Å². The molecule has 102 valence electrons. The molecule has 4 heteroatoms. The van der Waals surface area contributed by atoms with Crippen molar-refractivity contribution in [2.24, 2.45) is 5.92 Å². The van der Waals surface area contributed by atoms with Gasteiger partial charge in [0.15, 0.2) is 0 Å². The number of hydrogen-bond donors (Lipinski definition) is 1. The Balaban J connectivity index is 2.21. The number of rotatable bonds is 4. The maximum atomic E-state index is 4.80. The van der Waals surface area contributed by atoms with Crippen molar-refractivity contribution in [3.8, 4) is 0 Å². The van der Waals surface area contributed by atoms with Crippen molar-refractivity contribution >= 4 is 5.95 Å². The molecule has 1 saturated heterocycles. The molecule has 4 nitrogen and oxygen atoms in total. The molecule has 0 bridgehead atoms. The van der Waals surface area contributed by atoms with E-state index in [1.54, 1.807) is 0 Å². The van der Waals surface area contributed by atoms with E-state index in [0.717, 1.165) is 38.5 Å². The number of nitrogens with one attached hydrogen (secondary N) is 1. The van der Waals surface area contributed by atoms with Crippen LogP contribution in [-0.4, -0.2) is 35.2 Å². The van der Waals surface area contributed by atoms with E-state index in [-0.39, 0.29) is 0 Å². The molecule has 1 atom stereocenters. The smallest absolute Gasteiger partial charge is 0.205 e. The first-order valence-electron chi connectivity index (χ1n) is 7.14. The van der Waals surface area contributed by atoms with Crippen molar-refractivity contribution in [2.45, 2.75) is 46.7 Å². The van der Waals surface area contributed by atoms with E-state index in [4.69, 9.17) is 4.98 Å². The highest BCUT2D eigenvalue weighted by Crippen LogP contribution is 2.18. The molecule has 1 aliphatic rings. The Kier molecular flexibility index (Phi) is 4.27. The van der Waals surface area contributed by atoms with E-state index >= 15 is 0 Å². The van der Waals surface area contributed by atoms with Crippen LogP contribution in [0, 0.1) is 5.92 Å². The maximum Gasteiger partial charge on any atom is 0.205 e. The van der Waals surface area contributed by atoms with Crippen molar-refractivity contribution in [2.75, 3.05) is 24.5 Å². The van der Waals surface area contributed by atoms with E-state index in [1.807, 2.05) is 0 Å². The fourth-order valence-corrected chi connectivity index (χ4v) is 2.52. The minimum Gasteiger partial charge on any atom is -0.339 e. The van der Waals surface area contributed by atoms with Gasteiger partial charge in [0.05, 0.1) is 5.69 Å². The number of hydrogen-bond acceptors (Lipinski definition) is 3. The number of imidazole rings is 1. The molecule has 0 unspecified atom stereocenters. The molecule has 0 spiro atoms. The highest BCUT2D eigenvalue weighted by Gasteiger charge is 2.20. The van der Waals surface area contributed by atoms with E-state index in [0.29, 0.717) is 12.0 Å². The van der Waals surface area contributed by atoms with E-state index in [2.05, 4.69) is 48.7 Å². The molecular formula is C14H26N4. The summed E-state index contributed by atoms with van der Waals surface area (Å²) in [4.78, 5) is 7.22. The van der Waals surface area contributed by atoms with E-state index < -0.39 is 0 Å². The lowest BCUT2D eigenvalue weighted by Gasteiger charge is -2.33. The van der Waals surface area contributed by atoms with Gasteiger partial charge in [-0.3, -0.25) is 0 Å². The quantitative estimate of drug-likeness (QED) is 0.886. The van der Waals surface area contributed by atoms with Crippen LogP contribution in [0.2, 0.25) is 0 Å². The zero-order chi connectivity index (χ0) is 13.1. The topological polar surface area (TPSA) is 33.1 Å². The summed E-state index contributed by atoms with van der Waals surface area (Å²) in [6, 6.07) is 0.549. The number of piperazine rings is 1. The van der Waals surface area contributed by atoms with Crippen LogP contribution >= 0.6 is 0 Å². The van der Waals surface area contributed by atoms with Crippen LogP contribution in [0.5, 0.6) is 0 Å². The Labute approximate surface area is 110 Å². The fourth-order valence-electron chi connectivity index (χ4n) is 2.52. The van der Waals surface area contributed by atoms with Gasteiger partial charge in [0.1, 0.15) is 0 Å². The maximum absolute atomic E-state index is 4.80. The minimum atomic E-state index is 0.549. The Morgan fingerprint density at radius 2 is 2.28 bits per heavy atom. The van der Waals surface area contributed by atoms with Crippen LogP contribution < -0.4 is 10.2 Å². The molecule has 0 aliphatic carbocycles. The zero-order valence-corrected chi connectivity index (χ0v) is 12.1. The van der Waals surface area contributed by atoms with Crippen LogP contribution in [0.25, 0.3) is 0 Å². The molecule has 0 radical (unpaired) electrons. The summed E-state index contributed by atoms with van der Waals surface area (Å²) in [5.74, 6) is 1.82. The minimum absolute atomic E-state index is 0.549. The summed E-state index contributed by atoms with van der Waals surface area (Å²) in [6.45, 7) is 13.2. The van der Waals surface area contributed by atoms with Crippen LogP contribution in [0.4, 0.5) is 5.95 Å². The monoisotopic (exact) mass is 250 g/mol. The third-order valence-corrected chi connectivity index (χ3v) is 3.38. The van der Waals surface area contributed by atoms with Gasteiger partial charge in [0.25, 0.3) is 0 Å². The molecule has 1 aromatic rings. The molecule has 1 aliphatic heterocycles. The summed E-state index contributed by atoms with van der Waals surface area (Å²) >= 11 is 0. The predicted octanol–water partition coefficient (Wildman–Crippen LogP) is 1.90. The first-order chi connectivity index (χ1) is 8.60. The molecule has 1 N–H and O–H groups in total. The second-order valence-corrected chi connectivity index (χ2v) is 5.73. The molecule has 2 rings (SSSR count). The molecule has 0 saturated carbocycles. The van der Waals surface area contributed by atoms with Gasteiger partial charge in [-0.05, 0) is 19.3 Å². The van der Waals surface area contributed by atoms with E-state index in [1.165, 1.54) is 5.69 Å². The van der Waals surface area contributed by atoms with Crippen molar-refractivity contribution in [1.29, 1.82) is 0 Å². The predicted molar refractivity (Wildman–Crippen MR) is 76.1 cm³/mol. The zero-order valence-electron chi connectivity index (χ0n) is 12.1. The van der Waals surface area contributed by atoms with Crippen LogP contribution in [0.1, 0.15) is 33.4 Å². The summed E-state index contributed by atoms with van der Waals surface area (Å²) in [5, 5.41) is 3.48.